The SMILES string of the molecule is CCCOc1c(Cl)cc(/C=N\NC(=O)c2ccccn2)cc1OC. The average molecular weight is 348 g/mol. The van der Waals surface area contributed by atoms with Crippen LogP contribution in [0.3, 0.4) is 0 Å². The maximum Gasteiger partial charge on any atom is 0.289 e. The van der Waals surface area contributed by atoms with Gasteiger partial charge in [0.1, 0.15) is 5.69 Å². The molecule has 1 amide bonds. The zero-order valence-electron chi connectivity index (χ0n) is 13.5. The molecular weight excluding hydrogens is 330 g/mol. The second-order valence-corrected chi connectivity index (χ2v) is 5.20. The van der Waals surface area contributed by atoms with Crippen LogP contribution in [0.1, 0.15) is 29.4 Å². The smallest absolute Gasteiger partial charge is 0.289 e. The maximum absolute atomic E-state index is 11.8. The number of carbonyl (C=O) groups excluding carboxylic acids is 1. The number of carbonyl (C=O) groups is 1. The molecule has 0 unspecified atom stereocenters. The van der Waals surface area contributed by atoms with Crippen molar-refractivity contribution in [3.8, 4) is 11.5 Å². The number of pyridine rings is 1. The molecule has 24 heavy (non-hydrogen) atoms. The minimum atomic E-state index is -0.396. The van der Waals surface area contributed by atoms with E-state index in [0.29, 0.717) is 28.7 Å². The van der Waals surface area contributed by atoms with Crippen molar-refractivity contribution < 1.29 is 14.3 Å². The summed E-state index contributed by atoms with van der Waals surface area (Å²) >= 11 is 6.22. The first kappa shape index (κ1) is 17.7. The number of hydrogen-bond donors (Lipinski definition) is 1. The van der Waals surface area contributed by atoms with Gasteiger partial charge in [-0.2, -0.15) is 5.10 Å². The summed E-state index contributed by atoms with van der Waals surface area (Å²) in [7, 11) is 1.54. The highest BCUT2D eigenvalue weighted by molar-refractivity contribution is 6.32. The molecule has 0 saturated carbocycles. The van der Waals surface area contributed by atoms with Gasteiger partial charge in [-0.05, 0) is 36.2 Å². The van der Waals surface area contributed by atoms with Crippen molar-refractivity contribution in [2.24, 2.45) is 5.10 Å². The van der Waals surface area contributed by atoms with Gasteiger partial charge < -0.3 is 9.47 Å². The molecule has 0 aliphatic carbocycles. The number of amides is 1. The van der Waals surface area contributed by atoms with Crippen molar-refractivity contribution in [3.05, 3.63) is 52.8 Å². The molecule has 2 aromatic rings. The first-order valence-electron chi connectivity index (χ1n) is 7.40. The third-order valence-electron chi connectivity index (χ3n) is 2.98. The summed E-state index contributed by atoms with van der Waals surface area (Å²) in [5, 5.41) is 4.32. The van der Waals surface area contributed by atoms with Crippen molar-refractivity contribution >= 4 is 23.7 Å². The molecule has 0 spiro atoms. The fourth-order valence-electron chi connectivity index (χ4n) is 1.88. The van der Waals surface area contributed by atoms with Crippen molar-refractivity contribution in [1.29, 1.82) is 0 Å². The van der Waals surface area contributed by atoms with Gasteiger partial charge >= 0.3 is 0 Å². The van der Waals surface area contributed by atoms with Crippen LogP contribution in [-0.4, -0.2) is 30.8 Å². The Morgan fingerprint density at radius 3 is 2.92 bits per heavy atom. The molecule has 0 fully saturated rings. The largest absolute Gasteiger partial charge is 0.493 e. The van der Waals surface area contributed by atoms with Gasteiger partial charge in [0.05, 0.1) is 25.0 Å². The van der Waals surface area contributed by atoms with E-state index >= 15 is 0 Å². The minimum absolute atomic E-state index is 0.286. The highest BCUT2D eigenvalue weighted by Gasteiger charge is 2.11. The van der Waals surface area contributed by atoms with Gasteiger partial charge in [0, 0.05) is 6.20 Å². The van der Waals surface area contributed by atoms with Crippen LogP contribution in [0.2, 0.25) is 5.02 Å². The van der Waals surface area contributed by atoms with E-state index in [9.17, 15) is 4.79 Å². The second-order valence-electron chi connectivity index (χ2n) is 4.80. The average Bonchev–Trinajstić information content (AvgIpc) is 2.61. The molecule has 1 aromatic heterocycles. The van der Waals surface area contributed by atoms with Gasteiger partial charge in [0.15, 0.2) is 11.5 Å². The van der Waals surface area contributed by atoms with Crippen LogP contribution in [0, 0.1) is 0 Å². The van der Waals surface area contributed by atoms with Gasteiger partial charge in [-0.15, -0.1) is 0 Å². The Balaban J connectivity index is 2.09. The summed E-state index contributed by atoms with van der Waals surface area (Å²) in [6.07, 6.45) is 3.87. The Bertz CT molecular complexity index is 721. The molecule has 0 atom stereocenters. The number of aromatic nitrogens is 1. The summed E-state index contributed by atoms with van der Waals surface area (Å²) in [5.74, 6) is 0.608. The number of nitrogens with zero attached hydrogens (tertiary/aromatic N) is 2. The van der Waals surface area contributed by atoms with Crippen LogP contribution in [0.15, 0.2) is 41.6 Å². The molecule has 1 N–H and O–H groups in total. The van der Waals surface area contributed by atoms with E-state index in [-0.39, 0.29) is 5.69 Å². The molecule has 126 valence electrons. The third kappa shape index (κ3) is 4.70. The molecule has 0 aliphatic heterocycles. The molecule has 6 nitrogen and oxygen atoms in total. The van der Waals surface area contributed by atoms with Gasteiger partial charge in [0.25, 0.3) is 5.91 Å². The zero-order valence-corrected chi connectivity index (χ0v) is 14.2. The van der Waals surface area contributed by atoms with Crippen LogP contribution < -0.4 is 14.9 Å². The molecular formula is C17H18ClN3O3. The first-order chi connectivity index (χ1) is 11.7. The Hall–Kier alpha value is -2.60. The fraction of sp³-hybridized carbons (Fsp3) is 0.235. The van der Waals surface area contributed by atoms with Crippen LogP contribution in [-0.2, 0) is 0 Å². The van der Waals surface area contributed by atoms with E-state index in [1.807, 2.05) is 6.92 Å². The Labute approximate surface area is 145 Å². The highest BCUT2D eigenvalue weighted by atomic mass is 35.5. The summed E-state index contributed by atoms with van der Waals surface area (Å²) in [6, 6.07) is 8.48. The topological polar surface area (TPSA) is 72.8 Å². The molecule has 1 heterocycles. The van der Waals surface area contributed by atoms with Gasteiger partial charge in [0.2, 0.25) is 0 Å². The Morgan fingerprint density at radius 1 is 1.42 bits per heavy atom. The zero-order chi connectivity index (χ0) is 17.4. The Kier molecular flexibility index (Phi) is 6.57. The monoisotopic (exact) mass is 347 g/mol. The lowest BCUT2D eigenvalue weighted by Gasteiger charge is -2.12. The molecule has 0 aliphatic rings. The minimum Gasteiger partial charge on any atom is -0.493 e. The fourth-order valence-corrected chi connectivity index (χ4v) is 2.15. The van der Waals surface area contributed by atoms with E-state index in [0.717, 1.165) is 6.42 Å². The van der Waals surface area contributed by atoms with Crippen molar-refractivity contribution in [2.75, 3.05) is 13.7 Å². The summed E-state index contributed by atoms with van der Waals surface area (Å²) in [5.41, 5.74) is 3.36. The van der Waals surface area contributed by atoms with E-state index in [4.69, 9.17) is 21.1 Å². The van der Waals surface area contributed by atoms with Crippen molar-refractivity contribution in [2.45, 2.75) is 13.3 Å². The van der Waals surface area contributed by atoms with E-state index in [1.165, 1.54) is 19.5 Å². The number of nitrogens with one attached hydrogen (secondary N) is 1. The summed E-state index contributed by atoms with van der Waals surface area (Å²) < 4.78 is 10.9. The second kappa shape index (κ2) is 8.88. The third-order valence-corrected chi connectivity index (χ3v) is 3.26. The van der Waals surface area contributed by atoms with Gasteiger partial charge in [-0.25, -0.2) is 5.43 Å². The van der Waals surface area contributed by atoms with Crippen molar-refractivity contribution in [3.63, 3.8) is 0 Å². The number of hydrazone groups is 1. The lowest BCUT2D eigenvalue weighted by Crippen LogP contribution is -2.18. The van der Waals surface area contributed by atoms with E-state index in [1.54, 1.807) is 30.3 Å². The molecule has 0 saturated heterocycles. The standard InChI is InChI=1S/C17H18ClN3O3/c1-3-8-24-16-13(18)9-12(10-15(16)23-2)11-20-21-17(22)14-6-4-5-7-19-14/h4-7,9-11H,3,8H2,1-2H3,(H,21,22)/b20-11-. The quantitative estimate of drug-likeness (QED) is 0.616. The predicted octanol–water partition coefficient (Wildman–Crippen LogP) is 3.30. The van der Waals surface area contributed by atoms with E-state index < -0.39 is 5.91 Å². The van der Waals surface area contributed by atoms with Crippen molar-refractivity contribution in [1.82, 2.24) is 10.4 Å². The van der Waals surface area contributed by atoms with Crippen LogP contribution >= 0.6 is 11.6 Å². The molecule has 0 radical (unpaired) electrons. The number of halogens is 1. The number of rotatable bonds is 7. The van der Waals surface area contributed by atoms with Gasteiger partial charge in [-0.3, -0.25) is 9.78 Å². The lowest BCUT2D eigenvalue weighted by atomic mass is 10.2. The van der Waals surface area contributed by atoms with Crippen LogP contribution in [0.5, 0.6) is 11.5 Å². The number of methoxy groups -OCH3 is 1. The lowest BCUT2D eigenvalue weighted by molar-refractivity contribution is 0.0950. The number of hydrogen-bond acceptors (Lipinski definition) is 5. The van der Waals surface area contributed by atoms with E-state index in [2.05, 4.69) is 15.5 Å². The highest BCUT2D eigenvalue weighted by Crippen LogP contribution is 2.36. The normalized spacial score (nSPS) is 10.6. The number of ether oxygens (including phenoxy) is 2. The summed E-state index contributed by atoms with van der Waals surface area (Å²) in [4.78, 5) is 15.8. The number of benzene rings is 1. The summed E-state index contributed by atoms with van der Waals surface area (Å²) in [6.45, 7) is 2.55. The molecule has 7 heteroatoms. The first-order valence-corrected chi connectivity index (χ1v) is 7.78. The van der Waals surface area contributed by atoms with Gasteiger partial charge in [-0.1, -0.05) is 24.6 Å². The predicted molar refractivity (Wildman–Crippen MR) is 93.1 cm³/mol. The Morgan fingerprint density at radius 2 is 2.25 bits per heavy atom. The molecule has 0 bridgehead atoms. The molecule has 2 rings (SSSR count). The molecule has 1 aromatic carbocycles. The van der Waals surface area contributed by atoms with Crippen LogP contribution in [0.25, 0.3) is 0 Å². The van der Waals surface area contributed by atoms with Crippen LogP contribution in [0.4, 0.5) is 0 Å². The maximum atomic E-state index is 11.8.